The van der Waals surface area contributed by atoms with Crippen LogP contribution in [0.2, 0.25) is 0 Å². The van der Waals surface area contributed by atoms with Gasteiger partial charge in [-0.3, -0.25) is 0 Å². The zero-order chi connectivity index (χ0) is 17.5. The predicted octanol–water partition coefficient (Wildman–Crippen LogP) is 3.30. The Kier molecular flexibility index (Phi) is 6.48. The Labute approximate surface area is 149 Å². The summed E-state index contributed by atoms with van der Waals surface area (Å²) in [6, 6.07) is 6.61. The normalized spacial score (nSPS) is 26.6. The van der Waals surface area contributed by atoms with Gasteiger partial charge in [0.25, 0.3) is 0 Å². The lowest BCUT2D eigenvalue weighted by Crippen LogP contribution is -2.31. The summed E-state index contributed by atoms with van der Waals surface area (Å²) in [6.45, 7) is 4.34. The highest BCUT2D eigenvalue weighted by molar-refractivity contribution is 5.57. The van der Waals surface area contributed by atoms with E-state index in [-0.39, 0.29) is 6.04 Å². The molecule has 136 valence electrons. The van der Waals surface area contributed by atoms with E-state index in [0.717, 1.165) is 57.6 Å². The fraction of sp³-hybridized carbons (Fsp3) is 0.684. The number of rotatable bonds is 6. The maximum atomic E-state index is 9.34. The van der Waals surface area contributed by atoms with E-state index in [1.165, 1.54) is 0 Å². The van der Waals surface area contributed by atoms with Gasteiger partial charge in [0.2, 0.25) is 0 Å². The number of pyridine rings is 1. The lowest BCUT2D eigenvalue weighted by Gasteiger charge is -2.29. The van der Waals surface area contributed by atoms with Crippen LogP contribution in [0.25, 0.3) is 0 Å². The third-order valence-electron chi connectivity index (χ3n) is 4.95. The van der Waals surface area contributed by atoms with Gasteiger partial charge in [0.15, 0.2) is 0 Å². The van der Waals surface area contributed by atoms with Crippen molar-refractivity contribution in [2.45, 2.75) is 63.6 Å². The number of nitrogens with one attached hydrogen (secondary N) is 2. The standard InChI is InChI=1S/C19H28N4O2/c1-2-25-17-8-6-15(7-9-17)21-18-10-5-14(12-20)19(23-18)22-16-4-3-11-24-13-16/h5,10,15-17H,2-4,6-9,11,13H2,1H3,(H2,21,22,23)/t15-,16-,17-/m1/s1. The minimum atomic E-state index is 0.227. The van der Waals surface area contributed by atoms with Crippen molar-refractivity contribution in [2.75, 3.05) is 30.5 Å². The number of hydrogen-bond acceptors (Lipinski definition) is 6. The molecule has 2 fully saturated rings. The van der Waals surface area contributed by atoms with Crippen molar-refractivity contribution >= 4 is 11.6 Å². The lowest BCUT2D eigenvalue weighted by molar-refractivity contribution is 0.0346. The van der Waals surface area contributed by atoms with Gasteiger partial charge in [0.05, 0.1) is 24.3 Å². The van der Waals surface area contributed by atoms with Crippen LogP contribution >= 0.6 is 0 Å². The van der Waals surface area contributed by atoms with Gasteiger partial charge in [-0.25, -0.2) is 4.98 Å². The van der Waals surface area contributed by atoms with E-state index in [4.69, 9.17) is 9.47 Å². The molecule has 2 N–H and O–H groups in total. The van der Waals surface area contributed by atoms with Gasteiger partial charge >= 0.3 is 0 Å². The van der Waals surface area contributed by atoms with E-state index >= 15 is 0 Å². The van der Waals surface area contributed by atoms with Crippen molar-refractivity contribution in [1.82, 2.24) is 4.98 Å². The Bertz CT molecular complexity index is 588. The van der Waals surface area contributed by atoms with Crippen LogP contribution < -0.4 is 10.6 Å². The maximum absolute atomic E-state index is 9.34. The van der Waals surface area contributed by atoms with Gasteiger partial charge < -0.3 is 20.1 Å². The monoisotopic (exact) mass is 344 g/mol. The van der Waals surface area contributed by atoms with E-state index in [1.807, 2.05) is 12.1 Å². The number of anilines is 2. The highest BCUT2D eigenvalue weighted by Gasteiger charge is 2.22. The van der Waals surface area contributed by atoms with Crippen molar-refractivity contribution in [3.8, 4) is 6.07 Å². The second-order valence-corrected chi connectivity index (χ2v) is 6.84. The second-order valence-electron chi connectivity index (χ2n) is 6.84. The molecule has 1 saturated heterocycles. The molecule has 1 aromatic heterocycles. The van der Waals surface area contributed by atoms with E-state index in [0.29, 0.717) is 30.1 Å². The molecule has 2 aliphatic rings. The average molecular weight is 344 g/mol. The fourth-order valence-electron chi connectivity index (χ4n) is 3.61. The van der Waals surface area contributed by atoms with Crippen LogP contribution in [0.3, 0.4) is 0 Å². The molecular weight excluding hydrogens is 316 g/mol. The maximum Gasteiger partial charge on any atom is 0.146 e. The molecule has 1 atom stereocenters. The van der Waals surface area contributed by atoms with Crippen molar-refractivity contribution in [1.29, 1.82) is 5.26 Å². The highest BCUT2D eigenvalue weighted by Crippen LogP contribution is 2.25. The van der Waals surface area contributed by atoms with Crippen LogP contribution in [0.1, 0.15) is 51.0 Å². The molecule has 0 aromatic carbocycles. The molecule has 0 radical (unpaired) electrons. The summed E-state index contributed by atoms with van der Waals surface area (Å²) in [5, 5.41) is 16.3. The smallest absolute Gasteiger partial charge is 0.146 e. The topological polar surface area (TPSA) is 79.2 Å². The molecule has 0 amide bonds. The van der Waals surface area contributed by atoms with Crippen LogP contribution in [-0.2, 0) is 9.47 Å². The molecule has 0 spiro atoms. The number of nitrogens with zero attached hydrogens (tertiary/aromatic N) is 2. The molecule has 6 heteroatoms. The summed E-state index contributed by atoms with van der Waals surface area (Å²) < 4.78 is 11.2. The SMILES string of the molecule is CCO[C@H]1CC[C@H](Nc2ccc(C#N)c(N[C@@H]3CCCOC3)n2)CC1. The molecular formula is C19H28N4O2. The summed E-state index contributed by atoms with van der Waals surface area (Å²) in [4.78, 5) is 4.66. The third-order valence-corrected chi connectivity index (χ3v) is 4.95. The summed E-state index contributed by atoms with van der Waals surface area (Å²) in [6.07, 6.45) is 6.85. The quantitative estimate of drug-likeness (QED) is 0.824. The first-order chi connectivity index (χ1) is 12.3. The van der Waals surface area contributed by atoms with E-state index in [2.05, 4.69) is 28.6 Å². The van der Waals surface area contributed by atoms with Crippen molar-refractivity contribution in [3.05, 3.63) is 17.7 Å². The number of hydrogen-bond donors (Lipinski definition) is 2. The first-order valence-electron chi connectivity index (χ1n) is 9.42. The van der Waals surface area contributed by atoms with Crippen LogP contribution in [0, 0.1) is 11.3 Å². The molecule has 0 bridgehead atoms. The van der Waals surface area contributed by atoms with Crippen molar-refractivity contribution in [2.24, 2.45) is 0 Å². The zero-order valence-corrected chi connectivity index (χ0v) is 15.0. The van der Waals surface area contributed by atoms with Crippen molar-refractivity contribution in [3.63, 3.8) is 0 Å². The molecule has 3 rings (SSSR count). The van der Waals surface area contributed by atoms with Gasteiger partial charge in [-0.05, 0) is 57.6 Å². The lowest BCUT2D eigenvalue weighted by atomic mass is 9.93. The van der Waals surface area contributed by atoms with E-state index < -0.39 is 0 Å². The molecule has 1 aromatic rings. The number of nitriles is 1. The van der Waals surface area contributed by atoms with Gasteiger partial charge in [-0.15, -0.1) is 0 Å². The molecule has 1 aliphatic carbocycles. The largest absolute Gasteiger partial charge is 0.379 e. The first-order valence-corrected chi connectivity index (χ1v) is 9.42. The minimum Gasteiger partial charge on any atom is -0.379 e. The molecule has 1 saturated carbocycles. The Balaban J connectivity index is 1.60. The molecule has 25 heavy (non-hydrogen) atoms. The van der Waals surface area contributed by atoms with Crippen LogP contribution in [0.15, 0.2) is 12.1 Å². The third kappa shape index (κ3) is 5.07. The summed E-state index contributed by atoms with van der Waals surface area (Å²) in [7, 11) is 0. The summed E-state index contributed by atoms with van der Waals surface area (Å²) >= 11 is 0. The molecule has 0 unspecified atom stereocenters. The van der Waals surface area contributed by atoms with Gasteiger partial charge in [-0.1, -0.05) is 0 Å². The van der Waals surface area contributed by atoms with Crippen LogP contribution in [-0.4, -0.2) is 43.0 Å². The molecule has 1 aliphatic heterocycles. The summed E-state index contributed by atoms with van der Waals surface area (Å²) in [5.74, 6) is 1.49. The van der Waals surface area contributed by atoms with Crippen LogP contribution in [0.4, 0.5) is 11.6 Å². The van der Waals surface area contributed by atoms with Gasteiger partial charge in [-0.2, -0.15) is 5.26 Å². The average Bonchev–Trinajstić information content (AvgIpc) is 2.65. The number of ether oxygens (including phenoxy) is 2. The molecule has 6 nitrogen and oxygen atoms in total. The Morgan fingerprint density at radius 1 is 1.20 bits per heavy atom. The highest BCUT2D eigenvalue weighted by atomic mass is 16.5. The van der Waals surface area contributed by atoms with Crippen molar-refractivity contribution < 1.29 is 9.47 Å². The van der Waals surface area contributed by atoms with E-state index in [1.54, 1.807) is 0 Å². The second kappa shape index (κ2) is 9.02. The Morgan fingerprint density at radius 3 is 2.72 bits per heavy atom. The van der Waals surface area contributed by atoms with Crippen LogP contribution in [0.5, 0.6) is 0 Å². The predicted molar refractivity (Wildman–Crippen MR) is 97.7 cm³/mol. The van der Waals surface area contributed by atoms with Gasteiger partial charge in [0.1, 0.15) is 17.7 Å². The zero-order valence-electron chi connectivity index (χ0n) is 15.0. The number of aromatic nitrogens is 1. The van der Waals surface area contributed by atoms with E-state index in [9.17, 15) is 5.26 Å². The minimum absolute atomic E-state index is 0.227. The Hall–Kier alpha value is -1.84. The summed E-state index contributed by atoms with van der Waals surface area (Å²) in [5.41, 5.74) is 0.580. The first kappa shape index (κ1) is 18.0. The molecule has 2 heterocycles. The fourth-order valence-corrected chi connectivity index (χ4v) is 3.61. The Morgan fingerprint density at radius 2 is 2.04 bits per heavy atom. The van der Waals surface area contributed by atoms with Gasteiger partial charge in [0, 0.05) is 19.3 Å².